The number of nitrogens with zero attached hydrogens (tertiary/aromatic N) is 5. The van der Waals surface area contributed by atoms with Crippen LogP contribution in [-0.4, -0.2) is 87.7 Å². The summed E-state index contributed by atoms with van der Waals surface area (Å²) in [5, 5.41) is 10.8. The van der Waals surface area contributed by atoms with E-state index in [4.69, 9.17) is 14.6 Å². The third kappa shape index (κ3) is 6.56. The van der Waals surface area contributed by atoms with Gasteiger partial charge in [0.2, 0.25) is 5.91 Å². The number of carbonyl (C=O) groups is 3. The second kappa shape index (κ2) is 11.9. The molecule has 1 atom stereocenters. The number of pyridine rings is 1. The molecule has 2 aromatic heterocycles. The predicted molar refractivity (Wildman–Crippen MR) is 109 cm³/mol. The fourth-order valence-electron chi connectivity index (χ4n) is 2.97. The van der Waals surface area contributed by atoms with E-state index in [-0.39, 0.29) is 24.2 Å². The lowest BCUT2D eigenvalue weighted by molar-refractivity contribution is -0.135. The molecule has 1 unspecified atom stereocenters. The van der Waals surface area contributed by atoms with E-state index in [0.29, 0.717) is 49.8 Å². The zero-order chi connectivity index (χ0) is 21.9. The Labute approximate surface area is 178 Å². The fourth-order valence-corrected chi connectivity index (χ4v) is 3.59. The van der Waals surface area contributed by atoms with Gasteiger partial charge < -0.3 is 19.6 Å². The maximum atomic E-state index is 12.9. The Kier molecular flexibility index (Phi) is 9.29. The van der Waals surface area contributed by atoms with Crippen molar-refractivity contribution in [2.75, 3.05) is 39.9 Å². The van der Waals surface area contributed by atoms with E-state index in [1.165, 1.54) is 0 Å². The highest BCUT2D eigenvalue weighted by Crippen LogP contribution is 2.17. The lowest BCUT2D eigenvalue weighted by Gasteiger charge is -2.26. The van der Waals surface area contributed by atoms with Crippen LogP contribution in [0, 0.1) is 12.8 Å². The van der Waals surface area contributed by atoms with Gasteiger partial charge in [-0.15, -0.1) is 5.10 Å². The molecule has 1 saturated heterocycles. The van der Waals surface area contributed by atoms with Crippen LogP contribution in [0.1, 0.15) is 21.1 Å². The van der Waals surface area contributed by atoms with E-state index in [1.807, 2.05) is 18.2 Å². The Morgan fingerprint density at radius 1 is 1.43 bits per heavy atom. The number of ether oxygens (including phenoxy) is 1. The topological polar surface area (TPSA) is 126 Å². The zero-order valence-electron chi connectivity index (χ0n) is 16.9. The summed E-state index contributed by atoms with van der Waals surface area (Å²) in [6, 6.07) is 5.75. The molecule has 11 heteroatoms. The molecule has 2 aromatic rings. The molecule has 1 N–H and O–H groups in total. The van der Waals surface area contributed by atoms with Crippen LogP contribution in [0.2, 0.25) is 0 Å². The van der Waals surface area contributed by atoms with Crippen molar-refractivity contribution in [3.05, 3.63) is 40.7 Å². The molecule has 2 amide bonds. The Morgan fingerprint density at radius 3 is 2.83 bits per heavy atom. The molecule has 3 heterocycles. The lowest BCUT2D eigenvalue weighted by Crippen LogP contribution is -2.43. The highest BCUT2D eigenvalue weighted by molar-refractivity contribution is 7.07. The van der Waals surface area contributed by atoms with Crippen LogP contribution in [0.25, 0.3) is 0 Å². The van der Waals surface area contributed by atoms with E-state index in [0.717, 1.165) is 17.2 Å². The number of likely N-dealkylation sites (N-methyl/N-ethyl adjacent to an activating group) is 1. The maximum Gasteiger partial charge on any atom is 0.290 e. The van der Waals surface area contributed by atoms with Crippen LogP contribution >= 0.6 is 11.5 Å². The molecule has 1 fully saturated rings. The standard InChI is InChI=1S/C18H23N5O3S.CH2O2/c1-13-16(27-21-20-13)18(25)23-9-10-26-12-14(11-23)17(24)22(2)8-6-15-5-3-4-7-19-15;2-1-3/h3-5,7,14H,6,8-12H2,1-2H3;1H,(H,2,3). The van der Waals surface area contributed by atoms with Crippen LogP contribution in [0.5, 0.6) is 0 Å². The third-order valence-corrected chi connectivity index (χ3v) is 5.37. The average Bonchev–Trinajstić information content (AvgIpc) is 3.03. The minimum absolute atomic E-state index is 0.0233. The van der Waals surface area contributed by atoms with Crippen molar-refractivity contribution < 1.29 is 24.2 Å². The van der Waals surface area contributed by atoms with Gasteiger partial charge in [-0.3, -0.25) is 19.4 Å². The van der Waals surface area contributed by atoms with E-state index >= 15 is 0 Å². The number of aryl methyl sites for hydroxylation is 1. The normalized spacial score (nSPS) is 16.1. The van der Waals surface area contributed by atoms with Gasteiger partial charge >= 0.3 is 0 Å². The SMILES string of the molecule is Cc1nnsc1C(=O)N1CCOCC(C(=O)N(C)CCc2ccccn2)C1.O=CO. The molecule has 0 bridgehead atoms. The van der Waals surface area contributed by atoms with Gasteiger partial charge in [-0.1, -0.05) is 10.6 Å². The Morgan fingerprint density at radius 2 is 2.20 bits per heavy atom. The quantitative estimate of drug-likeness (QED) is 0.682. The smallest absolute Gasteiger partial charge is 0.290 e. The minimum atomic E-state index is -0.383. The van der Waals surface area contributed by atoms with Gasteiger partial charge in [-0.05, 0) is 30.6 Å². The van der Waals surface area contributed by atoms with Crippen molar-refractivity contribution in [1.29, 1.82) is 0 Å². The molecule has 0 radical (unpaired) electrons. The average molecular weight is 436 g/mol. The second-order valence-corrected chi connectivity index (χ2v) is 7.40. The van der Waals surface area contributed by atoms with Gasteiger partial charge in [-0.25, -0.2) is 0 Å². The van der Waals surface area contributed by atoms with Crippen LogP contribution in [-0.2, 0) is 20.7 Å². The first-order valence-electron chi connectivity index (χ1n) is 9.36. The summed E-state index contributed by atoms with van der Waals surface area (Å²) in [6.45, 7) is 3.60. The van der Waals surface area contributed by atoms with E-state index < -0.39 is 0 Å². The van der Waals surface area contributed by atoms with Crippen molar-refractivity contribution >= 4 is 29.8 Å². The molecule has 1 aliphatic rings. The summed E-state index contributed by atoms with van der Waals surface area (Å²) < 4.78 is 9.42. The summed E-state index contributed by atoms with van der Waals surface area (Å²) in [5.74, 6) is -0.543. The Hall–Kier alpha value is -2.92. The summed E-state index contributed by atoms with van der Waals surface area (Å²) in [4.78, 5) is 42.1. The van der Waals surface area contributed by atoms with Crippen LogP contribution in [0.4, 0.5) is 0 Å². The van der Waals surface area contributed by atoms with E-state index in [1.54, 1.807) is 30.0 Å². The first kappa shape index (κ1) is 23.4. The molecule has 10 nitrogen and oxygen atoms in total. The van der Waals surface area contributed by atoms with Gasteiger partial charge in [-0.2, -0.15) is 0 Å². The second-order valence-electron chi connectivity index (χ2n) is 6.65. The maximum absolute atomic E-state index is 12.9. The third-order valence-electron chi connectivity index (χ3n) is 4.55. The molecule has 1 aliphatic heterocycles. The fraction of sp³-hybridized carbons (Fsp3) is 0.474. The molecular weight excluding hydrogens is 410 g/mol. The summed E-state index contributed by atoms with van der Waals surface area (Å²) in [5.41, 5.74) is 1.56. The molecule has 0 aliphatic carbocycles. The monoisotopic (exact) mass is 435 g/mol. The van der Waals surface area contributed by atoms with Crippen molar-refractivity contribution in [3.63, 3.8) is 0 Å². The lowest BCUT2D eigenvalue weighted by atomic mass is 10.1. The van der Waals surface area contributed by atoms with Crippen LogP contribution in [0.15, 0.2) is 24.4 Å². The summed E-state index contributed by atoms with van der Waals surface area (Å²) in [6.07, 6.45) is 2.43. The van der Waals surface area contributed by atoms with Gasteiger partial charge in [0, 0.05) is 45.0 Å². The van der Waals surface area contributed by atoms with Crippen LogP contribution < -0.4 is 0 Å². The summed E-state index contributed by atoms with van der Waals surface area (Å²) in [7, 11) is 1.78. The number of hydrogen-bond acceptors (Lipinski definition) is 8. The van der Waals surface area contributed by atoms with Gasteiger partial charge in [0.05, 0.1) is 24.8 Å². The number of aromatic nitrogens is 3. The van der Waals surface area contributed by atoms with Gasteiger partial charge in [0.1, 0.15) is 4.88 Å². The number of carboxylic acid groups (broad SMARTS) is 1. The van der Waals surface area contributed by atoms with Crippen LogP contribution in [0.3, 0.4) is 0 Å². The Bertz CT molecular complexity index is 832. The van der Waals surface area contributed by atoms with Crippen molar-refractivity contribution in [2.45, 2.75) is 13.3 Å². The van der Waals surface area contributed by atoms with Gasteiger partial charge in [0.15, 0.2) is 0 Å². The molecule has 162 valence electrons. The first-order valence-corrected chi connectivity index (χ1v) is 10.1. The molecule has 0 aromatic carbocycles. The highest BCUT2D eigenvalue weighted by atomic mass is 32.1. The molecular formula is C19H25N5O5S. The van der Waals surface area contributed by atoms with Crippen molar-refractivity contribution in [3.8, 4) is 0 Å². The molecule has 0 saturated carbocycles. The van der Waals surface area contributed by atoms with Crippen molar-refractivity contribution in [2.24, 2.45) is 5.92 Å². The molecule has 0 spiro atoms. The number of carbonyl (C=O) groups excluding carboxylic acids is 2. The number of rotatable bonds is 5. The molecule has 30 heavy (non-hydrogen) atoms. The van der Waals surface area contributed by atoms with Gasteiger partial charge in [0.25, 0.3) is 12.4 Å². The largest absolute Gasteiger partial charge is 0.483 e. The zero-order valence-corrected chi connectivity index (χ0v) is 17.7. The Balaban J connectivity index is 0.00000101. The highest BCUT2D eigenvalue weighted by Gasteiger charge is 2.31. The molecule has 3 rings (SSSR count). The first-order chi connectivity index (χ1) is 14.5. The van der Waals surface area contributed by atoms with E-state index in [2.05, 4.69) is 14.6 Å². The number of hydrogen-bond donors (Lipinski definition) is 1. The predicted octanol–water partition coefficient (Wildman–Crippen LogP) is 0.732. The van der Waals surface area contributed by atoms with E-state index in [9.17, 15) is 9.59 Å². The summed E-state index contributed by atoms with van der Waals surface area (Å²) >= 11 is 1.08. The number of amides is 2. The minimum Gasteiger partial charge on any atom is -0.483 e. The van der Waals surface area contributed by atoms with Crippen molar-refractivity contribution in [1.82, 2.24) is 24.4 Å².